The first-order valence-corrected chi connectivity index (χ1v) is 4.33. The number of hydrogen-bond donors (Lipinski definition) is 2. The van der Waals surface area contributed by atoms with Gasteiger partial charge in [0.05, 0.1) is 17.4 Å². The molecule has 0 fully saturated rings. The molecule has 1 rings (SSSR count). The van der Waals surface area contributed by atoms with E-state index in [0.717, 1.165) is 18.5 Å². The monoisotopic (exact) mass is 248 g/mol. The topological polar surface area (TPSA) is 79.3 Å². The fourth-order valence-electron chi connectivity index (χ4n) is 1.06. The lowest BCUT2D eigenvalue weighted by molar-refractivity contribution is -0.150. The minimum atomic E-state index is -4.64. The molecule has 0 saturated carbocycles. The van der Waals surface area contributed by atoms with Crippen molar-refractivity contribution in [3.63, 3.8) is 0 Å². The molecule has 0 bridgehead atoms. The number of nitrogens with one attached hydrogen (secondary N) is 1. The summed E-state index contributed by atoms with van der Waals surface area (Å²) in [4.78, 5) is 25.2. The summed E-state index contributed by atoms with van der Waals surface area (Å²) in [6, 6.07) is 1.07. The zero-order valence-corrected chi connectivity index (χ0v) is 8.28. The average molecular weight is 248 g/mol. The summed E-state index contributed by atoms with van der Waals surface area (Å²) >= 11 is 0. The summed E-state index contributed by atoms with van der Waals surface area (Å²) in [7, 11) is 0. The molecular weight excluding hydrogens is 241 g/mol. The van der Waals surface area contributed by atoms with Crippen LogP contribution in [0.2, 0.25) is 0 Å². The molecule has 2 N–H and O–H groups in total. The van der Waals surface area contributed by atoms with Gasteiger partial charge in [-0.1, -0.05) is 0 Å². The van der Waals surface area contributed by atoms with Gasteiger partial charge in [0.25, 0.3) is 0 Å². The van der Waals surface area contributed by atoms with Gasteiger partial charge >= 0.3 is 12.1 Å². The second-order valence-electron chi connectivity index (χ2n) is 3.07. The minimum Gasteiger partial charge on any atom is -0.478 e. The number of carbonyl (C=O) groups excluding carboxylic acids is 1. The van der Waals surface area contributed by atoms with Gasteiger partial charge in [-0.25, -0.2) is 4.79 Å². The third-order valence-corrected chi connectivity index (χ3v) is 1.69. The van der Waals surface area contributed by atoms with E-state index in [2.05, 4.69) is 4.98 Å². The number of aromatic nitrogens is 1. The lowest BCUT2D eigenvalue weighted by atomic mass is 10.2. The normalized spacial score (nSPS) is 11.0. The Labute approximate surface area is 93.3 Å². The van der Waals surface area contributed by atoms with Crippen molar-refractivity contribution in [2.75, 3.05) is 5.32 Å². The van der Waals surface area contributed by atoms with Crippen LogP contribution in [0.5, 0.6) is 0 Å². The third-order valence-electron chi connectivity index (χ3n) is 1.69. The van der Waals surface area contributed by atoms with Crippen molar-refractivity contribution >= 4 is 17.6 Å². The molecule has 1 aromatic rings. The Balaban J connectivity index is 2.82. The first-order chi connectivity index (χ1) is 7.79. The molecule has 1 aromatic heterocycles. The molecule has 0 atom stereocenters. The van der Waals surface area contributed by atoms with E-state index < -0.39 is 24.5 Å². The van der Waals surface area contributed by atoms with Gasteiger partial charge in [-0.15, -0.1) is 0 Å². The molecule has 0 unspecified atom stereocenters. The molecule has 1 amide bonds. The van der Waals surface area contributed by atoms with E-state index in [4.69, 9.17) is 5.11 Å². The Morgan fingerprint density at radius 2 is 2.06 bits per heavy atom. The van der Waals surface area contributed by atoms with Crippen LogP contribution in [0, 0.1) is 0 Å². The Hall–Kier alpha value is -2.12. The zero-order chi connectivity index (χ0) is 13.1. The first kappa shape index (κ1) is 12.9. The number of carbonyl (C=O) groups is 2. The first-order valence-electron chi connectivity index (χ1n) is 4.33. The van der Waals surface area contributed by atoms with Crippen molar-refractivity contribution in [2.45, 2.75) is 12.6 Å². The number of pyridine rings is 1. The van der Waals surface area contributed by atoms with Crippen molar-refractivity contribution in [3.8, 4) is 0 Å². The SMILES string of the molecule is O=C(CC(F)(F)F)Nc1cnccc1C(=O)O. The highest BCUT2D eigenvalue weighted by molar-refractivity contribution is 6.00. The van der Waals surface area contributed by atoms with Gasteiger partial charge in [0.2, 0.25) is 5.91 Å². The average Bonchev–Trinajstić information content (AvgIpc) is 2.14. The molecule has 0 radical (unpaired) electrons. The number of halogens is 3. The van der Waals surface area contributed by atoms with Crippen molar-refractivity contribution < 1.29 is 27.9 Å². The van der Waals surface area contributed by atoms with Crippen LogP contribution >= 0.6 is 0 Å². The number of aromatic carboxylic acids is 1. The molecule has 0 aliphatic carbocycles. The highest BCUT2D eigenvalue weighted by atomic mass is 19.4. The molecule has 1 heterocycles. The number of amides is 1. The zero-order valence-electron chi connectivity index (χ0n) is 8.28. The van der Waals surface area contributed by atoms with Crippen LogP contribution in [-0.4, -0.2) is 28.1 Å². The van der Waals surface area contributed by atoms with Crippen LogP contribution < -0.4 is 5.32 Å². The molecule has 5 nitrogen and oxygen atoms in total. The van der Waals surface area contributed by atoms with Crippen molar-refractivity contribution in [1.82, 2.24) is 4.98 Å². The maximum Gasteiger partial charge on any atom is 0.397 e. The van der Waals surface area contributed by atoms with E-state index >= 15 is 0 Å². The smallest absolute Gasteiger partial charge is 0.397 e. The molecule has 0 aromatic carbocycles. The number of rotatable bonds is 3. The number of nitrogens with zero attached hydrogens (tertiary/aromatic N) is 1. The molecule has 17 heavy (non-hydrogen) atoms. The van der Waals surface area contributed by atoms with E-state index in [1.165, 1.54) is 0 Å². The van der Waals surface area contributed by atoms with Crippen molar-refractivity contribution in [2.24, 2.45) is 0 Å². The lowest BCUT2D eigenvalue weighted by Crippen LogP contribution is -2.22. The van der Waals surface area contributed by atoms with Gasteiger partial charge in [-0.05, 0) is 6.07 Å². The molecule has 8 heteroatoms. The van der Waals surface area contributed by atoms with Crippen LogP contribution in [0.4, 0.5) is 18.9 Å². The largest absolute Gasteiger partial charge is 0.478 e. The van der Waals surface area contributed by atoms with Crippen LogP contribution in [0.3, 0.4) is 0 Å². The number of carboxylic acid groups (broad SMARTS) is 1. The summed E-state index contributed by atoms with van der Waals surface area (Å²) in [5.41, 5.74) is -0.593. The highest BCUT2D eigenvalue weighted by Gasteiger charge is 2.31. The lowest BCUT2D eigenvalue weighted by Gasteiger charge is -2.09. The Morgan fingerprint density at radius 1 is 1.41 bits per heavy atom. The van der Waals surface area contributed by atoms with Crippen LogP contribution in [0.15, 0.2) is 18.5 Å². The minimum absolute atomic E-state index is 0.269. The Kier molecular flexibility index (Phi) is 3.66. The summed E-state index contributed by atoms with van der Waals surface area (Å²) in [5.74, 6) is -2.71. The quantitative estimate of drug-likeness (QED) is 0.852. The molecule has 0 saturated heterocycles. The van der Waals surface area contributed by atoms with Gasteiger partial charge in [0.15, 0.2) is 0 Å². The van der Waals surface area contributed by atoms with Crippen LogP contribution in [0.1, 0.15) is 16.8 Å². The van der Waals surface area contributed by atoms with E-state index in [-0.39, 0.29) is 11.3 Å². The second kappa shape index (κ2) is 4.81. The van der Waals surface area contributed by atoms with Gasteiger partial charge in [0.1, 0.15) is 6.42 Å². The summed E-state index contributed by atoms with van der Waals surface area (Å²) < 4.78 is 35.6. The van der Waals surface area contributed by atoms with Gasteiger partial charge < -0.3 is 10.4 Å². The number of alkyl halides is 3. The maximum absolute atomic E-state index is 11.9. The number of hydrogen-bond acceptors (Lipinski definition) is 3. The Morgan fingerprint density at radius 3 is 2.59 bits per heavy atom. The molecule has 92 valence electrons. The van der Waals surface area contributed by atoms with Gasteiger partial charge in [-0.3, -0.25) is 9.78 Å². The molecular formula is C9H7F3N2O3. The van der Waals surface area contributed by atoms with E-state index in [1.807, 2.05) is 5.32 Å². The third kappa shape index (κ3) is 4.09. The summed E-state index contributed by atoms with van der Waals surface area (Å²) in [6.45, 7) is 0. The van der Waals surface area contributed by atoms with Gasteiger partial charge in [-0.2, -0.15) is 13.2 Å². The maximum atomic E-state index is 11.9. The van der Waals surface area contributed by atoms with E-state index in [9.17, 15) is 22.8 Å². The predicted molar refractivity (Wildman–Crippen MR) is 50.5 cm³/mol. The van der Waals surface area contributed by atoms with Crippen LogP contribution in [-0.2, 0) is 4.79 Å². The predicted octanol–water partition coefficient (Wildman–Crippen LogP) is 1.67. The fraction of sp³-hybridized carbons (Fsp3) is 0.222. The van der Waals surface area contributed by atoms with E-state index in [1.54, 1.807) is 0 Å². The second-order valence-corrected chi connectivity index (χ2v) is 3.07. The van der Waals surface area contributed by atoms with E-state index in [0.29, 0.717) is 0 Å². The molecule has 0 spiro atoms. The molecule has 0 aliphatic heterocycles. The van der Waals surface area contributed by atoms with Crippen LogP contribution in [0.25, 0.3) is 0 Å². The summed E-state index contributed by atoms with van der Waals surface area (Å²) in [6.07, 6.45) is -4.20. The standard InChI is InChI=1S/C9H7F3N2O3/c10-9(11,12)3-7(15)14-6-4-13-2-1-5(6)8(16)17/h1-2,4H,3H2,(H,14,15)(H,16,17). The Bertz CT molecular complexity index is 445. The molecule has 0 aliphatic rings. The highest BCUT2D eigenvalue weighted by Crippen LogP contribution is 2.21. The summed E-state index contributed by atoms with van der Waals surface area (Å²) in [5, 5.41) is 10.6. The number of anilines is 1. The van der Waals surface area contributed by atoms with Crippen molar-refractivity contribution in [1.29, 1.82) is 0 Å². The van der Waals surface area contributed by atoms with Gasteiger partial charge in [0, 0.05) is 6.20 Å². The fourth-order valence-corrected chi connectivity index (χ4v) is 1.06. The number of carboxylic acids is 1. The van der Waals surface area contributed by atoms with Crippen molar-refractivity contribution in [3.05, 3.63) is 24.0 Å².